The fraction of sp³-hybridized carbons (Fsp3) is 0. The number of carbonyl (C=O) groups is 2. The number of allylic oxidation sites excluding steroid dienone is 2. The molecule has 0 radical (unpaired) electrons. The van der Waals surface area contributed by atoms with Crippen molar-refractivity contribution in [2.45, 2.75) is 9.79 Å². The van der Waals surface area contributed by atoms with Gasteiger partial charge in [0.05, 0.1) is 9.79 Å². The molecule has 0 heterocycles. The van der Waals surface area contributed by atoms with Crippen molar-refractivity contribution in [3.63, 3.8) is 0 Å². The van der Waals surface area contributed by atoms with Gasteiger partial charge in [-0.1, -0.05) is 12.2 Å². The largest absolute Gasteiger partial charge is 0.421 e. The molecule has 118 valence electrons. The van der Waals surface area contributed by atoms with Crippen LogP contribution in [0.25, 0.3) is 0 Å². The highest BCUT2D eigenvalue weighted by molar-refractivity contribution is 7.83. The Morgan fingerprint density at radius 1 is 0.792 bits per heavy atom. The van der Waals surface area contributed by atoms with Crippen molar-refractivity contribution in [3.05, 3.63) is 71.2 Å². The summed E-state index contributed by atoms with van der Waals surface area (Å²) in [5.74, 6) is -0.691. The van der Waals surface area contributed by atoms with Gasteiger partial charge >= 0.3 is 11.9 Å². The molecule has 0 fully saturated rings. The molecule has 4 nitrogen and oxygen atoms in total. The van der Waals surface area contributed by atoms with Crippen LogP contribution < -0.4 is 9.47 Å². The van der Waals surface area contributed by atoms with Crippen molar-refractivity contribution in [3.8, 4) is 11.5 Å². The average Bonchev–Trinajstić information content (AvgIpc) is 3.27. The Morgan fingerprint density at radius 2 is 1.21 bits per heavy atom. The van der Waals surface area contributed by atoms with Crippen LogP contribution in [0.15, 0.2) is 81.0 Å². The van der Waals surface area contributed by atoms with Gasteiger partial charge < -0.3 is 9.47 Å². The highest BCUT2D eigenvalue weighted by Gasteiger charge is 2.18. The van der Waals surface area contributed by atoms with E-state index in [2.05, 4.69) is 36.7 Å². The van der Waals surface area contributed by atoms with Crippen LogP contribution in [0.4, 0.5) is 0 Å². The number of ether oxygens (including phenoxy) is 2. The molecule has 0 N–H and O–H groups in total. The van der Waals surface area contributed by atoms with Gasteiger partial charge in [0.1, 0.15) is 22.6 Å². The number of hydrogen-bond acceptors (Lipinski definition) is 6. The number of esters is 2. The van der Waals surface area contributed by atoms with E-state index in [1.165, 1.54) is 12.1 Å². The molecule has 0 unspecified atom stereocenters. The van der Waals surface area contributed by atoms with Gasteiger partial charge in [-0.2, -0.15) is 0 Å². The second-order valence-corrected chi connectivity index (χ2v) is 5.60. The van der Waals surface area contributed by atoms with Gasteiger partial charge in [0.25, 0.3) is 0 Å². The van der Waals surface area contributed by atoms with E-state index in [1.54, 1.807) is 36.5 Å². The van der Waals surface area contributed by atoms with E-state index in [0.29, 0.717) is 11.1 Å². The summed E-state index contributed by atoms with van der Waals surface area (Å²) in [7, 11) is 0. The van der Waals surface area contributed by atoms with E-state index in [4.69, 9.17) is 9.47 Å². The average molecular weight is 354 g/mol. The highest BCUT2D eigenvalue weighted by atomic mass is 32.1. The Kier molecular flexibility index (Phi) is 4.65. The first kappa shape index (κ1) is 16.2. The zero-order chi connectivity index (χ0) is 17.1. The van der Waals surface area contributed by atoms with Crippen molar-refractivity contribution in [1.29, 1.82) is 0 Å². The maximum Gasteiger partial charge on any atom is 0.351 e. The number of rotatable bonds is 4. The van der Waals surface area contributed by atoms with Gasteiger partial charge in [-0.3, -0.25) is 0 Å². The standard InChI is InChI=1S/C18H10O4S2/c19-17(11-5-1-2-6-11)21-13-9-10-14(16(24)15(13)23)22-18(20)12-7-3-4-8-12/h1-5,7,9-10,23-24H. The highest BCUT2D eigenvalue weighted by Crippen LogP contribution is 2.37. The van der Waals surface area contributed by atoms with E-state index >= 15 is 0 Å². The number of carbonyl (C=O) groups excluding carboxylic acids is 2. The molecule has 6 heteroatoms. The maximum atomic E-state index is 12.0. The Morgan fingerprint density at radius 3 is 1.54 bits per heavy atom. The minimum absolute atomic E-state index is 0.211. The van der Waals surface area contributed by atoms with Gasteiger partial charge in [0, 0.05) is 0 Å². The van der Waals surface area contributed by atoms with Crippen LogP contribution in [0, 0.1) is 0 Å². The van der Waals surface area contributed by atoms with Gasteiger partial charge in [0.15, 0.2) is 0 Å². The molecule has 0 aliphatic heterocycles. The number of thiol groups is 2. The Labute approximate surface area is 149 Å². The second-order valence-electron chi connectivity index (χ2n) is 4.71. The predicted molar refractivity (Wildman–Crippen MR) is 93.7 cm³/mol. The van der Waals surface area contributed by atoms with Crippen molar-refractivity contribution in [1.82, 2.24) is 0 Å². The third-order valence-corrected chi connectivity index (χ3v) is 4.18. The van der Waals surface area contributed by atoms with Gasteiger partial charge in [0.2, 0.25) is 0 Å². The summed E-state index contributed by atoms with van der Waals surface area (Å²) in [5, 5.41) is 0. The molecule has 0 saturated heterocycles. The molecule has 3 rings (SSSR count). The van der Waals surface area contributed by atoms with Crippen molar-refractivity contribution in [2.75, 3.05) is 0 Å². The van der Waals surface area contributed by atoms with Gasteiger partial charge in [-0.25, -0.2) is 9.59 Å². The molecule has 0 spiro atoms. The number of hydrogen-bond donors (Lipinski definition) is 2. The summed E-state index contributed by atoms with van der Waals surface area (Å²) < 4.78 is 10.5. The summed E-state index contributed by atoms with van der Waals surface area (Å²) >= 11 is 8.58. The molecule has 0 saturated carbocycles. The molecule has 2 aliphatic rings. The first-order valence-corrected chi connectivity index (χ1v) is 7.72. The van der Waals surface area contributed by atoms with E-state index in [1.807, 2.05) is 0 Å². The topological polar surface area (TPSA) is 52.6 Å². The smallest absolute Gasteiger partial charge is 0.351 e. The lowest BCUT2D eigenvalue weighted by atomic mass is 10.3. The zero-order valence-corrected chi connectivity index (χ0v) is 13.9. The van der Waals surface area contributed by atoms with Crippen LogP contribution in [0.3, 0.4) is 0 Å². The third-order valence-electron chi connectivity index (χ3n) is 3.12. The lowest BCUT2D eigenvalue weighted by Crippen LogP contribution is -2.11. The van der Waals surface area contributed by atoms with Crippen LogP contribution in [-0.4, -0.2) is 11.9 Å². The molecular weight excluding hydrogens is 344 g/mol. The van der Waals surface area contributed by atoms with Crippen LogP contribution in [0.5, 0.6) is 11.5 Å². The van der Waals surface area contributed by atoms with Crippen molar-refractivity contribution < 1.29 is 19.1 Å². The number of benzene rings is 1. The predicted octanol–water partition coefficient (Wildman–Crippen LogP) is 3.38. The fourth-order valence-electron chi connectivity index (χ4n) is 1.93. The molecule has 1 aromatic rings. The van der Waals surface area contributed by atoms with Crippen LogP contribution in [-0.2, 0) is 9.59 Å². The minimum atomic E-state index is -0.556. The Bertz CT molecular complexity index is 861. The molecule has 0 bridgehead atoms. The van der Waals surface area contributed by atoms with Gasteiger partial charge in [-0.15, -0.1) is 36.7 Å². The van der Waals surface area contributed by atoms with E-state index in [0.717, 1.165) is 0 Å². The molecule has 1 aromatic carbocycles. The minimum Gasteiger partial charge on any atom is -0.421 e. The molecule has 0 amide bonds. The zero-order valence-electron chi connectivity index (χ0n) is 12.1. The second kappa shape index (κ2) is 6.87. The van der Waals surface area contributed by atoms with Crippen LogP contribution >= 0.6 is 25.3 Å². The quantitative estimate of drug-likeness (QED) is 0.377. The van der Waals surface area contributed by atoms with Crippen molar-refractivity contribution >= 4 is 37.2 Å². The molecule has 0 atom stereocenters. The summed E-state index contributed by atoms with van der Waals surface area (Å²) in [5.41, 5.74) is 6.13. The fourth-order valence-corrected chi connectivity index (χ4v) is 2.39. The normalized spacial score (nSPS) is 13.9. The van der Waals surface area contributed by atoms with Crippen LogP contribution in [0.2, 0.25) is 0 Å². The summed E-state index contributed by atoms with van der Waals surface area (Å²) in [6, 6.07) is 2.97. The van der Waals surface area contributed by atoms with Crippen LogP contribution in [0.1, 0.15) is 0 Å². The molecule has 0 aromatic heterocycles. The molecule has 24 heavy (non-hydrogen) atoms. The Hall–Kier alpha value is -2.62. The summed E-state index contributed by atoms with van der Waals surface area (Å²) in [4.78, 5) is 24.5. The Balaban J connectivity index is 1.78. The third kappa shape index (κ3) is 3.32. The maximum absolute atomic E-state index is 12.0. The summed E-state index contributed by atoms with van der Waals surface area (Å²) in [6.07, 6.45) is 9.79. The molecule has 2 aliphatic carbocycles. The summed E-state index contributed by atoms with van der Waals surface area (Å²) in [6.45, 7) is 0. The first-order valence-electron chi connectivity index (χ1n) is 6.82. The van der Waals surface area contributed by atoms with E-state index < -0.39 is 11.9 Å². The van der Waals surface area contributed by atoms with Gasteiger partial charge in [-0.05, 0) is 36.4 Å². The van der Waals surface area contributed by atoms with E-state index in [9.17, 15) is 9.59 Å². The van der Waals surface area contributed by atoms with Crippen molar-refractivity contribution in [2.24, 2.45) is 0 Å². The lowest BCUT2D eigenvalue weighted by Gasteiger charge is -2.12. The molecular formula is C18H10O4S2. The SMILES string of the molecule is O=C(Oc1ccc(OC(=O)C2=C=CC=C2)c(S)c1S)C1=C=CC=C1. The monoisotopic (exact) mass is 354 g/mol. The van der Waals surface area contributed by atoms with E-state index in [-0.39, 0.29) is 21.3 Å². The first-order chi connectivity index (χ1) is 11.6. The lowest BCUT2D eigenvalue weighted by molar-refractivity contribution is -0.131.